The van der Waals surface area contributed by atoms with Crippen LogP contribution in [-0.4, -0.2) is 16.5 Å². The normalized spacial score (nSPS) is 16.2. The summed E-state index contributed by atoms with van der Waals surface area (Å²) in [6.07, 6.45) is 5.90. The fraction of sp³-hybridized carbons (Fsp3) is 0.692. The quantitative estimate of drug-likeness (QED) is 0.845. The lowest BCUT2D eigenvalue weighted by Gasteiger charge is -2.25. The zero-order chi connectivity index (χ0) is 11.5. The van der Waals surface area contributed by atoms with Gasteiger partial charge in [-0.1, -0.05) is 6.42 Å². The first-order valence-corrected chi connectivity index (χ1v) is 6.26. The maximum Gasteiger partial charge on any atom is 0.131 e. The van der Waals surface area contributed by atoms with Crippen LogP contribution in [0.1, 0.15) is 54.4 Å². The van der Waals surface area contributed by atoms with E-state index in [9.17, 15) is 0 Å². The lowest BCUT2D eigenvalue weighted by atomic mass is 9.84. The Morgan fingerprint density at radius 1 is 1.19 bits per heavy atom. The summed E-state index contributed by atoms with van der Waals surface area (Å²) in [4.78, 5) is 9.31. The molecule has 0 aliphatic heterocycles. The first-order valence-electron chi connectivity index (χ1n) is 6.26. The number of nitrogens with zero attached hydrogens (tertiary/aromatic N) is 2. The first-order chi connectivity index (χ1) is 7.72. The summed E-state index contributed by atoms with van der Waals surface area (Å²) in [5.41, 5.74) is 9.15. The molecule has 0 spiro atoms. The fourth-order valence-corrected chi connectivity index (χ4v) is 2.26. The summed E-state index contributed by atoms with van der Waals surface area (Å²) in [5.74, 6) is 1.69. The molecule has 1 aliphatic carbocycles. The second-order valence-corrected chi connectivity index (χ2v) is 4.75. The van der Waals surface area contributed by atoms with Crippen LogP contribution in [0.2, 0.25) is 0 Å². The van der Waals surface area contributed by atoms with E-state index in [2.05, 4.69) is 23.8 Å². The minimum Gasteiger partial charge on any atom is -0.330 e. The van der Waals surface area contributed by atoms with Gasteiger partial charge in [0.25, 0.3) is 0 Å². The van der Waals surface area contributed by atoms with Crippen LogP contribution in [0.25, 0.3) is 0 Å². The monoisotopic (exact) mass is 219 g/mol. The molecule has 1 heterocycles. The number of aromatic nitrogens is 2. The molecule has 16 heavy (non-hydrogen) atoms. The summed E-state index contributed by atoms with van der Waals surface area (Å²) in [5, 5.41) is 0. The van der Waals surface area contributed by atoms with Crippen molar-refractivity contribution in [2.75, 3.05) is 6.54 Å². The molecule has 0 atom stereocenters. The molecule has 2 N–H and O–H groups in total. The van der Waals surface area contributed by atoms with Crippen molar-refractivity contribution in [3.8, 4) is 0 Å². The van der Waals surface area contributed by atoms with Gasteiger partial charge in [-0.15, -0.1) is 0 Å². The third-order valence-electron chi connectivity index (χ3n) is 3.54. The Kier molecular flexibility index (Phi) is 3.54. The average Bonchev–Trinajstić information content (AvgIpc) is 2.14. The minimum atomic E-state index is 0.626. The molecular weight excluding hydrogens is 198 g/mol. The van der Waals surface area contributed by atoms with Crippen LogP contribution in [0, 0.1) is 13.8 Å². The maximum absolute atomic E-state index is 5.54. The van der Waals surface area contributed by atoms with Gasteiger partial charge in [0.2, 0.25) is 0 Å². The van der Waals surface area contributed by atoms with E-state index in [1.165, 1.54) is 24.8 Å². The van der Waals surface area contributed by atoms with E-state index < -0.39 is 0 Å². The molecule has 0 unspecified atom stereocenters. The molecule has 0 aromatic carbocycles. The Hall–Kier alpha value is -0.960. The van der Waals surface area contributed by atoms with Gasteiger partial charge in [-0.25, -0.2) is 9.97 Å². The topological polar surface area (TPSA) is 51.8 Å². The fourth-order valence-electron chi connectivity index (χ4n) is 2.26. The van der Waals surface area contributed by atoms with Crippen molar-refractivity contribution in [1.29, 1.82) is 0 Å². The molecule has 3 nitrogen and oxygen atoms in total. The largest absolute Gasteiger partial charge is 0.330 e. The highest BCUT2D eigenvalue weighted by Gasteiger charge is 2.23. The lowest BCUT2D eigenvalue weighted by Crippen LogP contribution is -2.15. The number of aryl methyl sites for hydroxylation is 2. The molecule has 3 heteroatoms. The highest BCUT2D eigenvalue weighted by atomic mass is 14.9. The molecule has 2 rings (SSSR count). The zero-order valence-corrected chi connectivity index (χ0v) is 10.3. The van der Waals surface area contributed by atoms with Crippen LogP contribution >= 0.6 is 0 Å². The summed E-state index contributed by atoms with van der Waals surface area (Å²) in [6.45, 7) is 4.94. The second-order valence-electron chi connectivity index (χ2n) is 4.75. The maximum atomic E-state index is 5.54. The zero-order valence-electron chi connectivity index (χ0n) is 10.3. The van der Waals surface area contributed by atoms with Crippen molar-refractivity contribution >= 4 is 0 Å². The molecule has 1 saturated carbocycles. The second kappa shape index (κ2) is 4.91. The highest BCUT2D eigenvalue weighted by molar-refractivity contribution is 5.25. The van der Waals surface area contributed by atoms with Crippen LogP contribution in [0.4, 0.5) is 0 Å². The lowest BCUT2D eigenvalue weighted by molar-refractivity contribution is 0.399. The predicted molar refractivity (Wildman–Crippen MR) is 65.5 cm³/mol. The van der Waals surface area contributed by atoms with Crippen LogP contribution in [0.5, 0.6) is 0 Å². The molecule has 88 valence electrons. The average molecular weight is 219 g/mol. The molecular formula is C13H21N3. The van der Waals surface area contributed by atoms with E-state index in [4.69, 9.17) is 5.73 Å². The van der Waals surface area contributed by atoms with E-state index >= 15 is 0 Å². The van der Waals surface area contributed by atoms with Crippen molar-refractivity contribution in [2.45, 2.75) is 51.9 Å². The molecule has 1 aromatic heterocycles. The number of rotatable bonds is 4. The molecule has 0 amide bonds. The van der Waals surface area contributed by atoms with Gasteiger partial charge in [-0.05, 0) is 51.6 Å². The van der Waals surface area contributed by atoms with E-state index in [1.54, 1.807) is 0 Å². The predicted octanol–water partition coefficient (Wildman–Crippen LogP) is 2.25. The van der Waals surface area contributed by atoms with Crippen molar-refractivity contribution in [1.82, 2.24) is 9.97 Å². The molecule has 0 radical (unpaired) electrons. The van der Waals surface area contributed by atoms with Crippen LogP contribution in [0.15, 0.2) is 0 Å². The van der Waals surface area contributed by atoms with Crippen molar-refractivity contribution in [3.63, 3.8) is 0 Å². The van der Waals surface area contributed by atoms with Crippen LogP contribution in [0.3, 0.4) is 0 Å². The Labute approximate surface area is 97.5 Å². The SMILES string of the molecule is Cc1nc(C2CCC2)nc(C)c1CCCN. The smallest absolute Gasteiger partial charge is 0.131 e. The Morgan fingerprint density at radius 3 is 2.25 bits per heavy atom. The van der Waals surface area contributed by atoms with Gasteiger partial charge in [0, 0.05) is 17.3 Å². The van der Waals surface area contributed by atoms with Crippen LogP contribution < -0.4 is 5.73 Å². The van der Waals surface area contributed by atoms with Gasteiger partial charge in [0.1, 0.15) is 5.82 Å². The molecule has 0 bridgehead atoms. The third kappa shape index (κ3) is 2.24. The van der Waals surface area contributed by atoms with E-state index in [-0.39, 0.29) is 0 Å². The Balaban J connectivity index is 2.20. The summed E-state index contributed by atoms with van der Waals surface area (Å²) in [6, 6.07) is 0. The van der Waals surface area contributed by atoms with Gasteiger partial charge in [-0.2, -0.15) is 0 Å². The third-order valence-corrected chi connectivity index (χ3v) is 3.54. The van der Waals surface area contributed by atoms with Gasteiger partial charge in [0.15, 0.2) is 0 Å². The van der Waals surface area contributed by atoms with Gasteiger partial charge >= 0.3 is 0 Å². The van der Waals surface area contributed by atoms with E-state index in [1.807, 2.05) is 0 Å². The number of nitrogens with two attached hydrogens (primary N) is 1. The molecule has 0 saturated heterocycles. The summed E-state index contributed by atoms with van der Waals surface area (Å²) in [7, 11) is 0. The first kappa shape index (κ1) is 11.5. The molecule has 1 aliphatic rings. The molecule has 1 aromatic rings. The van der Waals surface area contributed by atoms with Gasteiger partial charge in [-0.3, -0.25) is 0 Å². The molecule has 1 fully saturated rings. The van der Waals surface area contributed by atoms with Crippen molar-refractivity contribution < 1.29 is 0 Å². The van der Waals surface area contributed by atoms with Gasteiger partial charge < -0.3 is 5.73 Å². The van der Waals surface area contributed by atoms with Crippen molar-refractivity contribution in [3.05, 3.63) is 22.8 Å². The number of hydrogen-bond acceptors (Lipinski definition) is 3. The van der Waals surface area contributed by atoms with E-state index in [0.29, 0.717) is 5.92 Å². The van der Waals surface area contributed by atoms with Crippen molar-refractivity contribution in [2.24, 2.45) is 5.73 Å². The Morgan fingerprint density at radius 2 is 1.81 bits per heavy atom. The summed E-state index contributed by atoms with van der Waals surface area (Å²) < 4.78 is 0. The summed E-state index contributed by atoms with van der Waals surface area (Å²) >= 11 is 0. The standard InChI is InChI=1S/C13H21N3/c1-9-12(7-4-8-14)10(2)16-13(15-9)11-5-3-6-11/h11H,3-8,14H2,1-2H3. The Bertz CT molecular complexity index is 346. The number of hydrogen-bond donors (Lipinski definition) is 1. The highest BCUT2D eigenvalue weighted by Crippen LogP contribution is 2.34. The minimum absolute atomic E-state index is 0.626. The van der Waals surface area contributed by atoms with Crippen LogP contribution in [-0.2, 0) is 6.42 Å². The van der Waals surface area contributed by atoms with Gasteiger partial charge in [0.05, 0.1) is 0 Å². The van der Waals surface area contributed by atoms with E-state index in [0.717, 1.165) is 36.6 Å².